The van der Waals surface area contributed by atoms with E-state index in [1.807, 2.05) is 0 Å². The van der Waals surface area contributed by atoms with Crippen LogP contribution in [0.15, 0.2) is 127 Å². The van der Waals surface area contributed by atoms with E-state index in [1.54, 1.807) is 0 Å². The van der Waals surface area contributed by atoms with Gasteiger partial charge in [0.05, 0.1) is 0 Å². The first-order chi connectivity index (χ1) is 20.2. The van der Waals surface area contributed by atoms with Gasteiger partial charge in [-0.3, -0.25) is 0 Å². The fourth-order valence-corrected chi connectivity index (χ4v) is 6.49. The lowest BCUT2D eigenvalue weighted by Crippen LogP contribution is -2.57. The number of benzene rings is 6. The van der Waals surface area contributed by atoms with Gasteiger partial charge in [0.1, 0.15) is 23.0 Å². The molecule has 0 amide bonds. The molecule has 0 N–H and O–H groups in total. The van der Waals surface area contributed by atoms with Crippen molar-refractivity contribution < 1.29 is 9.47 Å². The predicted octanol–water partition coefficient (Wildman–Crippen LogP) is 8.03. The molecule has 2 aliphatic heterocycles. The highest BCUT2D eigenvalue weighted by Gasteiger charge is 2.41. The molecule has 41 heavy (non-hydrogen) atoms. The van der Waals surface area contributed by atoms with Gasteiger partial charge in [0.25, 0.3) is 6.71 Å². The van der Waals surface area contributed by atoms with Gasteiger partial charge in [-0.05, 0) is 81.9 Å². The molecule has 0 bridgehead atoms. The van der Waals surface area contributed by atoms with Gasteiger partial charge in [-0.25, -0.2) is 0 Å². The smallest absolute Gasteiger partial charge is 0.260 e. The molecule has 0 unspecified atom stereocenters. The van der Waals surface area contributed by atoms with Crippen molar-refractivity contribution in [2.45, 2.75) is 13.8 Å². The van der Waals surface area contributed by atoms with Crippen molar-refractivity contribution in [1.82, 2.24) is 0 Å². The van der Waals surface area contributed by atoms with E-state index in [1.165, 1.54) is 27.8 Å². The first-order valence-corrected chi connectivity index (χ1v) is 14.1. The molecule has 0 radical (unpaired) electrons. The average Bonchev–Trinajstić information content (AvgIpc) is 3.01. The minimum Gasteiger partial charge on any atom is -0.458 e. The van der Waals surface area contributed by atoms with Crippen molar-refractivity contribution in [2.75, 3.05) is 0 Å². The molecule has 3 heteroatoms. The van der Waals surface area contributed by atoms with E-state index in [-0.39, 0.29) is 6.71 Å². The van der Waals surface area contributed by atoms with Crippen molar-refractivity contribution in [3.63, 3.8) is 0 Å². The third kappa shape index (κ3) is 3.81. The van der Waals surface area contributed by atoms with Crippen molar-refractivity contribution in [1.29, 1.82) is 0 Å². The maximum atomic E-state index is 6.88. The fraction of sp³-hybridized carbons (Fsp3) is 0.0526. The van der Waals surface area contributed by atoms with E-state index in [9.17, 15) is 0 Å². The molecule has 2 aliphatic rings. The number of para-hydroxylation sites is 1. The summed E-state index contributed by atoms with van der Waals surface area (Å²) in [6.07, 6.45) is 0. The topological polar surface area (TPSA) is 18.5 Å². The fourth-order valence-electron chi connectivity index (χ4n) is 6.49. The van der Waals surface area contributed by atoms with Crippen LogP contribution in [-0.2, 0) is 0 Å². The highest BCUT2D eigenvalue weighted by Crippen LogP contribution is 2.42. The highest BCUT2D eigenvalue weighted by atomic mass is 16.5. The van der Waals surface area contributed by atoms with Crippen molar-refractivity contribution in [3.8, 4) is 56.4 Å². The Morgan fingerprint density at radius 3 is 1.80 bits per heavy atom. The van der Waals surface area contributed by atoms with Crippen LogP contribution in [0.25, 0.3) is 33.4 Å². The van der Waals surface area contributed by atoms with Gasteiger partial charge in [-0.1, -0.05) is 109 Å². The summed E-state index contributed by atoms with van der Waals surface area (Å²) in [5, 5.41) is 0. The Hall–Kier alpha value is -5.02. The van der Waals surface area contributed by atoms with Crippen LogP contribution in [0.5, 0.6) is 23.0 Å². The Balaban J connectivity index is 1.39. The summed E-state index contributed by atoms with van der Waals surface area (Å²) in [6.45, 7) is 4.31. The van der Waals surface area contributed by atoms with Crippen LogP contribution < -0.4 is 25.9 Å². The summed E-state index contributed by atoms with van der Waals surface area (Å²) in [7, 11) is 0. The van der Waals surface area contributed by atoms with Crippen molar-refractivity contribution in [2.24, 2.45) is 0 Å². The third-order valence-corrected chi connectivity index (χ3v) is 8.50. The minimum absolute atomic E-state index is 0.00829. The Morgan fingerprint density at radius 2 is 1.07 bits per heavy atom. The normalized spacial score (nSPS) is 12.5. The van der Waals surface area contributed by atoms with Crippen molar-refractivity contribution in [3.05, 3.63) is 139 Å². The van der Waals surface area contributed by atoms with E-state index in [0.717, 1.165) is 56.1 Å². The molecule has 0 atom stereocenters. The van der Waals surface area contributed by atoms with Crippen LogP contribution in [-0.4, -0.2) is 6.71 Å². The van der Waals surface area contributed by atoms with Gasteiger partial charge in [0.15, 0.2) is 0 Å². The lowest BCUT2D eigenvalue weighted by atomic mass is 9.34. The van der Waals surface area contributed by atoms with Crippen LogP contribution in [0, 0.1) is 13.8 Å². The van der Waals surface area contributed by atoms with E-state index in [0.29, 0.717) is 0 Å². The molecule has 0 saturated carbocycles. The van der Waals surface area contributed by atoms with Gasteiger partial charge >= 0.3 is 0 Å². The number of hydrogen-bond acceptors (Lipinski definition) is 2. The number of rotatable bonds is 3. The zero-order chi connectivity index (χ0) is 27.5. The largest absolute Gasteiger partial charge is 0.458 e. The second-order valence-electron chi connectivity index (χ2n) is 11.0. The third-order valence-electron chi connectivity index (χ3n) is 8.50. The number of fused-ring (bicyclic) bond motifs is 4. The molecule has 6 aromatic carbocycles. The molecule has 6 aromatic rings. The predicted molar refractivity (Wildman–Crippen MR) is 170 cm³/mol. The number of ether oxygens (including phenoxy) is 2. The standard InChI is InChI=1S/C38H27BO2/c1-24-11-6-8-15-29(24)27-19-20-34-33(21-27)39-32-18-10-17-31(26-13-4-3-5-14-26)38(32)41-36-23-28(22-35(40-34)37(36)39)30-16-9-7-12-25(30)2/h3-23H,1-2H3. The van der Waals surface area contributed by atoms with Crippen molar-refractivity contribution >= 4 is 23.1 Å². The van der Waals surface area contributed by atoms with Crippen LogP contribution >= 0.6 is 0 Å². The SMILES string of the molecule is Cc1ccccc1-c1cc2c3c(c1)Oc1c(cccc1-c1ccccc1)B3c1cc(-c3ccccc3C)ccc1O2. The molecule has 0 saturated heterocycles. The van der Waals surface area contributed by atoms with Gasteiger partial charge < -0.3 is 9.47 Å². The van der Waals surface area contributed by atoms with Gasteiger partial charge in [-0.2, -0.15) is 0 Å². The molecule has 0 fully saturated rings. The maximum Gasteiger partial charge on any atom is 0.260 e. The Morgan fingerprint density at radius 1 is 0.439 bits per heavy atom. The summed E-state index contributed by atoms with van der Waals surface area (Å²) in [5.41, 5.74) is 12.8. The monoisotopic (exact) mass is 526 g/mol. The quantitative estimate of drug-likeness (QED) is 0.217. The van der Waals surface area contributed by atoms with Crippen LogP contribution in [0.3, 0.4) is 0 Å². The lowest BCUT2D eigenvalue weighted by Gasteiger charge is -2.34. The number of hydrogen-bond donors (Lipinski definition) is 0. The molecule has 0 aromatic heterocycles. The number of aryl methyl sites for hydroxylation is 2. The van der Waals surface area contributed by atoms with Crippen LogP contribution in [0.4, 0.5) is 0 Å². The van der Waals surface area contributed by atoms with E-state index in [4.69, 9.17) is 9.47 Å². The van der Waals surface area contributed by atoms with Gasteiger partial charge in [0, 0.05) is 11.0 Å². The lowest BCUT2D eigenvalue weighted by molar-refractivity contribution is 0.466. The zero-order valence-corrected chi connectivity index (χ0v) is 23.0. The first kappa shape index (κ1) is 23.8. The summed E-state index contributed by atoms with van der Waals surface area (Å²) in [6, 6.07) is 45.1. The Bertz CT molecular complexity index is 1980. The molecular weight excluding hydrogens is 499 g/mol. The zero-order valence-electron chi connectivity index (χ0n) is 23.0. The molecular formula is C38H27BO2. The van der Waals surface area contributed by atoms with E-state index >= 15 is 0 Å². The van der Waals surface area contributed by atoms with E-state index in [2.05, 4.69) is 141 Å². The molecule has 2 nitrogen and oxygen atoms in total. The molecule has 8 rings (SSSR count). The molecule has 194 valence electrons. The minimum atomic E-state index is -0.00829. The molecule has 0 aliphatic carbocycles. The Labute approximate surface area is 240 Å². The first-order valence-electron chi connectivity index (χ1n) is 14.1. The second-order valence-corrected chi connectivity index (χ2v) is 11.0. The molecule has 2 heterocycles. The van der Waals surface area contributed by atoms with Crippen LogP contribution in [0.2, 0.25) is 0 Å². The highest BCUT2D eigenvalue weighted by molar-refractivity contribution is 6.98. The Kier molecular flexibility index (Phi) is 5.40. The summed E-state index contributed by atoms with van der Waals surface area (Å²) < 4.78 is 13.6. The van der Waals surface area contributed by atoms with Crippen LogP contribution in [0.1, 0.15) is 11.1 Å². The van der Waals surface area contributed by atoms with E-state index < -0.39 is 0 Å². The average molecular weight is 526 g/mol. The van der Waals surface area contributed by atoms with Gasteiger partial charge in [-0.15, -0.1) is 0 Å². The molecule has 0 spiro atoms. The summed E-state index contributed by atoms with van der Waals surface area (Å²) in [4.78, 5) is 0. The van der Waals surface area contributed by atoms with Gasteiger partial charge in [0.2, 0.25) is 0 Å². The maximum absolute atomic E-state index is 6.88. The summed E-state index contributed by atoms with van der Waals surface area (Å²) in [5.74, 6) is 3.52. The second kappa shape index (κ2) is 9.28. The summed E-state index contributed by atoms with van der Waals surface area (Å²) >= 11 is 0.